The van der Waals surface area contributed by atoms with Crippen molar-refractivity contribution >= 4 is 19.8 Å². The van der Waals surface area contributed by atoms with Gasteiger partial charge in [0.1, 0.15) is 19.8 Å². The average Bonchev–Trinajstić information content (AvgIpc) is 3.15. The third-order valence-electron chi connectivity index (χ3n) is 9.95. The predicted octanol–water partition coefficient (Wildman–Crippen LogP) is 13.1. The highest BCUT2D eigenvalue weighted by Crippen LogP contribution is 2.43. The molecule has 0 rings (SSSR count). The van der Waals surface area contributed by atoms with E-state index in [9.17, 15) is 19.0 Å². The summed E-state index contributed by atoms with van der Waals surface area (Å²) in [4.78, 5) is 35.3. The summed E-state index contributed by atoms with van der Waals surface area (Å²) in [6.45, 7) is 4.38. The van der Waals surface area contributed by atoms with Gasteiger partial charge in [0.15, 0.2) is 6.10 Å². The number of unbranched alkanes of at least 4 members (excludes halogenated alkanes) is 24. The van der Waals surface area contributed by atoms with Crippen LogP contribution in [-0.2, 0) is 32.7 Å². The molecule has 0 aliphatic carbocycles. The molecule has 56 heavy (non-hydrogen) atoms. The molecule has 1 unspecified atom stereocenters. The van der Waals surface area contributed by atoms with Gasteiger partial charge in [-0.15, -0.1) is 0 Å². The zero-order valence-corrected chi connectivity index (χ0v) is 38.0. The molecule has 330 valence electrons. The van der Waals surface area contributed by atoms with E-state index in [1.807, 2.05) is 21.1 Å². The molecule has 0 aromatic carbocycles. The van der Waals surface area contributed by atoms with E-state index in [0.29, 0.717) is 17.4 Å². The molecule has 2 atom stereocenters. The maximum Gasteiger partial charge on any atom is 0.472 e. The molecule has 0 aromatic rings. The summed E-state index contributed by atoms with van der Waals surface area (Å²) < 4.78 is 34.3. The summed E-state index contributed by atoms with van der Waals surface area (Å²) in [7, 11) is 1.47. The lowest BCUT2D eigenvalue weighted by molar-refractivity contribution is -0.870. The van der Waals surface area contributed by atoms with Crippen LogP contribution in [0.3, 0.4) is 0 Å². The standard InChI is InChI=1S/C46H88NO8P/c1-6-8-10-12-14-16-18-19-20-21-22-23-24-25-26-27-29-30-32-34-36-38-45(48)52-42-44(43-54-56(50,51)53-41-40-47(3,4)5)55-46(49)39-37-35-33-31-28-17-15-13-11-9-7-2/h13,15,19-20,44H,6-12,14,16-18,21-43H2,1-5H3/p+1/b15-13+,20-19+/t44-/m0/s1. The van der Waals surface area contributed by atoms with Crippen molar-refractivity contribution < 1.29 is 42.1 Å². The highest BCUT2D eigenvalue weighted by atomic mass is 31.2. The van der Waals surface area contributed by atoms with E-state index < -0.39 is 26.5 Å². The largest absolute Gasteiger partial charge is 0.472 e. The molecule has 0 bridgehead atoms. The van der Waals surface area contributed by atoms with Gasteiger partial charge >= 0.3 is 19.8 Å². The summed E-state index contributed by atoms with van der Waals surface area (Å²) in [5, 5.41) is 0. The molecule has 10 heteroatoms. The van der Waals surface area contributed by atoms with E-state index in [1.54, 1.807) is 0 Å². The number of carbonyl (C=O) groups excluding carboxylic acids is 2. The van der Waals surface area contributed by atoms with Crippen molar-refractivity contribution in [3.63, 3.8) is 0 Å². The first-order valence-corrected chi connectivity index (χ1v) is 24.6. The number of rotatable bonds is 42. The van der Waals surface area contributed by atoms with Gasteiger partial charge in [0, 0.05) is 12.8 Å². The lowest BCUT2D eigenvalue weighted by atomic mass is 10.0. The molecule has 0 radical (unpaired) electrons. The normalized spacial score (nSPS) is 13.8. The highest BCUT2D eigenvalue weighted by Gasteiger charge is 2.27. The number of quaternary nitrogens is 1. The monoisotopic (exact) mass is 815 g/mol. The number of esters is 2. The summed E-state index contributed by atoms with van der Waals surface area (Å²) >= 11 is 0. The molecule has 0 aliphatic heterocycles. The Morgan fingerprint density at radius 1 is 0.536 bits per heavy atom. The van der Waals surface area contributed by atoms with Gasteiger partial charge < -0.3 is 18.9 Å². The van der Waals surface area contributed by atoms with Crippen LogP contribution in [0.5, 0.6) is 0 Å². The molecule has 0 heterocycles. The van der Waals surface area contributed by atoms with Gasteiger partial charge in [0.2, 0.25) is 0 Å². The Bertz CT molecular complexity index is 1010. The second-order valence-electron chi connectivity index (χ2n) is 16.8. The third kappa shape index (κ3) is 42.1. The Kier molecular flexibility index (Phi) is 37.9. The second-order valence-corrected chi connectivity index (χ2v) is 18.2. The van der Waals surface area contributed by atoms with Crippen molar-refractivity contribution in [1.29, 1.82) is 0 Å². The van der Waals surface area contributed by atoms with E-state index in [4.69, 9.17) is 18.5 Å². The van der Waals surface area contributed by atoms with Crippen molar-refractivity contribution in [1.82, 2.24) is 0 Å². The Hall–Kier alpha value is -1.51. The van der Waals surface area contributed by atoms with Crippen molar-refractivity contribution in [2.45, 2.75) is 213 Å². The number of carbonyl (C=O) groups is 2. The fraction of sp³-hybridized carbons (Fsp3) is 0.870. The molecule has 0 amide bonds. The number of ether oxygens (including phenoxy) is 2. The van der Waals surface area contributed by atoms with Crippen molar-refractivity contribution in [2.75, 3.05) is 47.5 Å². The molecular formula is C46H89NO8P+. The minimum Gasteiger partial charge on any atom is -0.462 e. The zero-order valence-electron chi connectivity index (χ0n) is 37.1. The second kappa shape index (κ2) is 39.0. The average molecular weight is 815 g/mol. The maximum atomic E-state index is 12.6. The molecule has 0 spiro atoms. The lowest BCUT2D eigenvalue weighted by Crippen LogP contribution is -2.37. The topological polar surface area (TPSA) is 108 Å². The smallest absolute Gasteiger partial charge is 0.462 e. The van der Waals surface area contributed by atoms with Gasteiger partial charge in [-0.3, -0.25) is 18.6 Å². The van der Waals surface area contributed by atoms with Crippen LogP contribution in [0, 0.1) is 0 Å². The fourth-order valence-corrected chi connectivity index (χ4v) is 7.03. The van der Waals surface area contributed by atoms with Crippen LogP contribution in [-0.4, -0.2) is 74.9 Å². The zero-order chi connectivity index (χ0) is 41.4. The first kappa shape index (κ1) is 54.5. The number of phosphoric ester groups is 1. The minimum absolute atomic E-state index is 0.0313. The minimum atomic E-state index is -4.37. The summed E-state index contributed by atoms with van der Waals surface area (Å²) in [5.41, 5.74) is 0. The number of likely N-dealkylation sites (N-methyl/N-ethyl adjacent to an activating group) is 1. The van der Waals surface area contributed by atoms with Gasteiger partial charge in [-0.25, -0.2) is 4.57 Å². The van der Waals surface area contributed by atoms with Crippen molar-refractivity contribution in [3.05, 3.63) is 24.3 Å². The Balaban J connectivity index is 4.22. The maximum absolute atomic E-state index is 12.6. The highest BCUT2D eigenvalue weighted by molar-refractivity contribution is 7.47. The molecule has 9 nitrogen and oxygen atoms in total. The quantitative estimate of drug-likeness (QED) is 0.0213. The molecule has 0 aliphatic rings. The first-order chi connectivity index (χ1) is 27.0. The van der Waals surface area contributed by atoms with Gasteiger partial charge in [0.25, 0.3) is 0 Å². The van der Waals surface area contributed by atoms with E-state index in [-0.39, 0.29) is 32.0 Å². The number of phosphoric acid groups is 1. The van der Waals surface area contributed by atoms with Crippen LogP contribution in [0.15, 0.2) is 24.3 Å². The summed E-state index contributed by atoms with van der Waals surface area (Å²) in [6.07, 6.45) is 42.3. The van der Waals surface area contributed by atoms with Gasteiger partial charge in [-0.2, -0.15) is 0 Å². The Morgan fingerprint density at radius 2 is 0.929 bits per heavy atom. The van der Waals surface area contributed by atoms with E-state index in [2.05, 4.69) is 38.2 Å². The van der Waals surface area contributed by atoms with E-state index in [1.165, 1.54) is 116 Å². The van der Waals surface area contributed by atoms with Crippen molar-refractivity contribution in [3.8, 4) is 0 Å². The SMILES string of the molecule is CCCC/C=C/CCCCCCCC(=O)O[C@@H](COC(=O)CCCCCCCCCCCCC/C=C/CCCCCCCC)COP(=O)(O)OCC[N+](C)(C)C. The molecule has 0 saturated heterocycles. The van der Waals surface area contributed by atoms with Crippen LogP contribution in [0.4, 0.5) is 0 Å². The molecule has 0 saturated carbocycles. The molecule has 0 aromatic heterocycles. The van der Waals surface area contributed by atoms with Crippen LogP contribution in [0.2, 0.25) is 0 Å². The van der Waals surface area contributed by atoms with Crippen molar-refractivity contribution in [2.24, 2.45) is 0 Å². The number of nitrogens with zero attached hydrogens (tertiary/aromatic N) is 1. The predicted molar refractivity (Wildman–Crippen MR) is 234 cm³/mol. The Morgan fingerprint density at radius 3 is 1.38 bits per heavy atom. The van der Waals surface area contributed by atoms with Crippen LogP contribution >= 0.6 is 7.82 Å². The van der Waals surface area contributed by atoms with E-state index >= 15 is 0 Å². The van der Waals surface area contributed by atoms with Crippen LogP contribution in [0.1, 0.15) is 206 Å². The molecule has 0 fully saturated rings. The third-order valence-corrected chi connectivity index (χ3v) is 10.9. The first-order valence-electron chi connectivity index (χ1n) is 23.1. The van der Waals surface area contributed by atoms with Crippen LogP contribution in [0.25, 0.3) is 0 Å². The van der Waals surface area contributed by atoms with E-state index in [0.717, 1.165) is 57.8 Å². The Labute approximate surface area is 345 Å². The van der Waals surface area contributed by atoms with Gasteiger partial charge in [-0.05, 0) is 57.8 Å². The van der Waals surface area contributed by atoms with Gasteiger partial charge in [0.05, 0.1) is 27.7 Å². The number of allylic oxidation sites excluding steroid dienone is 4. The number of hydrogen-bond acceptors (Lipinski definition) is 7. The fourth-order valence-electron chi connectivity index (χ4n) is 6.28. The molecule has 1 N–H and O–H groups in total. The number of hydrogen-bond donors (Lipinski definition) is 1. The van der Waals surface area contributed by atoms with Crippen LogP contribution < -0.4 is 0 Å². The lowest BCUT2D eigenvalue weighted by Gasteiger charge is -2.24. The van der Waals surface area contributed by atoms with Gasteiger partial charge in [-0.1, -0.05) is 160 Å². The summed E-state index contributed by atoms with van der Waals surface area (Å²) in [5.74, 6) is -0.806. The summed E-state index contributed by atoms with van der Waals surface area (Å²) in [6, 6.07) is 0. The molecular weight excluding hydrogens is 725 g/mol.